The molecule has 0 fully saturated rings. The van der Waals surface area contributed by atoms with Crippen molar-refractivity contribution >= 4 is 0 Å². The van der Waals surface area contributed by atoms with Gasteiger partial charge < -0.3 is 4.74 Å². The highest BCUT2D eigenvalue weighted by Crippen LogP contribution is 2.25. The van der Waals surface area contributed by atoms with Crippen LogP contribution < -0.4 is 0 Å². The van der Waals surface area contributed by atoms with Crippen LogP contribution in [0.5, 0.6) is 0 Å². The molecule has 0 aliphatic carbocycles. The Morgan fingerprint density at radius 2 is 1.54 bits per heavy atom. The Morgan fingerprint density at radius 1 is 1.08 bits per heavy atom. The predicted molar refractivity (Wildman–Crippen MR) is 57.8 cm³/mol. The normalized spacial score (nSPS) is 13.8. The summed E-state index contributed by atoms with van der Waals surface area (Å²) in [5.74, 6) is 0. The summed E-state index contributed by atoms with van der Waals surface area (Å²) in [5, 5.41) is 0. The zero-order chi connectivity index (χ0) is 10.7. The molecule has 0 aromatic heterocycles. The highest BCUT2D eigenvalue weighted by atomic mass is 16.5. The molecule has 0 amide bonds. The maximum atomic E-state index is 6.05. The van der Waals surface area contributed by atoms with E-state index >= 15 is 0 Å². The van der Waals surface area contributed by atoms with Crippen LogP contribution in [0.15, 0.2) is 0 Å². The molecule has 0 saturated heterocycles. The summed E-state index contributed by atoms with van der Waals surface area (Å²) in [6.45, 7) is 10.7. The van der Waals surface area contributed by atoms with Crippen LogP contribution in [-0.2, 0) is 4.74 Å². The van der Waals surface area contributed by atoms with Crippen molar-refractivity contribution < 1.29 is 4.74 Å². The molecule has 0 rings (SSSR count). The van der Waals surface area contributed by atoms with Crippen molar-refractivity contribution in [3.05, 3.63) is 0 Å². The van der Waals surface area contributed by atoms with E-state index in [4.69, 9.17) is 4.74 Å². The van der Waals surface area contributed by atoms with E-state index in [9.17, 15) is 0 Å². The van der Waals surface area contributed by atoms with Crippen molar-refractivity contribution in [1.82, 2.24) is 4.90 Å². The average Bonchev–Trinajstić information content (AvgIpc) is 1.83. The Bertz CT molecular complexity index is 150. The monoisotopic (exact) mass is 187 g/mol. The Kier molecular flexibility index (Phi) is 4.40. The Balaban J connectivity index is 4.24. The van der Waals surface area contributed by atoms with Crippen molar-refractivity contribution in [2.45, 2.75) is 58.8 Å². The van der Waals surface area contributed by atoms with E-state index in [-0.39, 0.29) is 11.3 Å². The molecule has 13 heavy (non-hydrogen) atoms. The molecule has 0 N–H and O–H groups in total. The first-order chi connectivity index (χ1) is 5.71. The topological polar surface area (TPSA) is 12.5 Å². The summed E-state index contributed by atoms with van der Waals surface area (Å²) in [7, 11) is 4.09. The van der Waals surface area contributed by atoms with Gasteiger partial charge in [0.2, 0.25) is 0 Å². The Labute approximate surface area is 83.3 Å². The molecule has 0 aliphatic heterocycles. The molecular formula is C11H25NO. The standard InChI is InChI=1S/C11H25NO/c1-8-9-10(2,3)13-11(4,5)12(6)7/h8-9H2,1-7H3. The molecule has 0 atom stereocenters. The molecule has 2 nitrogen and oxygen atoms in total. The van der Waals surface area contributed by atoms with Gasteiger partial charge in [0.05, 0.1) is 5.60 Å². The third-order valence-electron chi connectivity index (χ3n) is 2.46. The molecule has 80 valence electrons. The summed E-state index contributed by atoms with van der Waals surface area (Å²) in [5.41, 5.74) is -0.207. The summed E-state index contributed by atoms with van der Waals surface area (Å²) < 4.78 is 6.05. The Hall–Kier alpha value is -0.0800. The molecule has 0 unspecified atom stereocenters. The van der Waals surface area contributed by atoms with E-state index < -0.39 is 0 Å². The molecule has 0 aromatic carbocycles. The fourth-order valence-electron chi connectivity index (χ4n) is 1.42. The lowest BCUT2D eigenvalue weighted by Gasteiger charge is -2.40. The first kappa shape index (κ1) is 12.9. The van der Waals surface area contributed by atoms with Gasteiger partial charge in [-0.05, 0) is 48.2 Å². The maximum absolute atomic E-state index is 6.05. The molecule has 0 aliphatic rings. The smallest absolute Gasteiger partial charge is 0.116 e. The quantitative estimate of drug-likeness (QED) is 0.614. The molecule has 0 aromatic rings. The predicted octanol–water partition coefficient (Wildman–Crippen LogP) is 2.88. The van der Waals surface area contributed by atoms with Crippen LogP contribution in [0.4, 0.5) is 0 Å². The second-order valence-corrected chi connectivity index (χ2v) is 4.95. The average molecular weight is 187 g/mol. The van der Waals surface area contributed by atoms with Crippen molar-refractivity contribution in [2.24, 2.45) is 0 Å². The molecule has 0 spiro atoms. The van der Waals surface area contributed by atoms with Crippen LogP contribution in [0.3, 0.4) is 0 Å². The van der Waals surface area contributed by atoms with E-state index in [2.05, 4.69) is 39.5 Å². The van der Waals surface area contributed by atoms with E-state index in [0.29, 0.717) is 0 Å². The largest absolute Gasteiger partial charge is 0.355 e. The summed E-state index contributed by atoms with van der Waals surface area (Å²) in [4.78, 5) is 2.10. The number of rotatable bonds is 5. The molecule has 0 bridgehead atoms. The van der Waals surface area contributed by atoms with Crippen LogP contribution >= 0.6 is 0 Å². The molecule has 0 radical (unpaired) electrons. The first-order valence-electron chi connectivity index (χ1n) is 5.09. The maximum Gasteiger partial charge on any atom is 0.116 e. The third-order valence-corrected chi connectivity index (χ3v) is 2.46. The highest BCUT2D eigenvalue weighted by Gasteiger charge is 2.29. The van der Waals surface area contributed by atoms with E-state index in [1.807, 2.05) is 14.1 Å². The third kappa shape index (κ3) is 4.63. The van der Waals surface area contributed by atoms with Gasteiger partial charge in [-0.15, -0.1) is 0 Å². The van der Waals surface area contributed by atoms with Gasteiger partial charge in [-0.1, -0.05) is 13.3 Å². The van der Waals surface area contributed by atoms with Gasteiger partial charge in [0, 0.05) is 0 Å². The summed E-state index contributed by atoms with van der Waals surface area (Å²) in [6, 6.07) is 0. The lowest BCUT2D eigenvalue weighted by atomic mass is 10.0. The molecule has 2 heteroatoms. The lowest BCUT2D eigenvalue weighted by Crippen LogP contribution is -2.46. The fourth-order valence-corrected chi connectivity index (χ4v) is 1.42. The number of ether oxygens (including phenoxy) is 1. The zero-order valence-corrected chi connectivity index (χ0v) is 10.3. The van der Waals surface area contributed by atoms with E-state index in [1.165, 1.54) is 0 Å². The van der Waals surface area contributed by atoms with Gasteiger partial charge in [-0.3, -0.25) is 4.90 Å². The number of nitrogens with zero attached hydrogens (tertiary/aromatic N) is 1. The van der Waals surface area contributed by atoms with E-state index in [1.54, 1.807) is 0 Å². The van der Waals surface area contributed by atoms with Gasteiger partial charge >= 0.3 is 0 Å². The van der Waals surface area contributed by atoms with Crippen LogP contribution in [0, 0.1) is 0 Å². The molecule has 0 saturated carbocycles. The fraction of sp³-hybridized carbons (Fsp3) is 1.00. The number of hydrogen-bond donors (Lipinski definition) is 0. The SMILES string of the molecule is CCCC(C)(C)OC(C)(C)N(C)C. The van der Waals surface area contributed by atoms with Crippen LogP contribution in [-0.4, -0.2) is 30.3 Å². The minimum Gasteiger partial charge on any atom is -0.355 e. The van der Waals surface area contributed by atoms with Gasteiger partial charge in [0.25, 0.3) is 0 Å². The van der Waals surface area contributed by atoms with Crippen LogP contribution in [0.1, 0.15) is 47.5 Å². The summed E-state index contributed by atoms with van der Waals surface area (Å²) in [6.07, 6.45) is 2.26. The minimum absolute atomic E-state index is 0.0253. The van der Waals surface area contributed by atoms with Crippen molar-refractivity contribution in [3.8, 4) is 0 Å². The number of hydrogen-bond acceptors (Lipinski definition) is 2. The summed E-state index contributed by atoms with van der Waals surface area (Å²) >= 11 is 0. The molecule has 0 heterocycles. The zero-order valence-electron chi connectivity index (χ0n) is 10.3. The van der Waals surface area contributed by atoms with Gasteiger partial charge in [0.15, 0.2) is 0 Å². The molecular weight excluding hydrogens is 162 g/mol. The van der Waals surface area contributed by atoms with Crippen LogP contribution in [0.25, 0.3) is 0 Å². The van der Waals surface area contributed by atoms with Gasteiger partial charge in [-0.2, -0.15) is 0 Å². The van der Waals surface area contributed by atoms with Crippen molar-refractivity contribution in [3.63, 3.8) is 0 Å². The lowest BCUT2D eigenvalue weighted by molar-refractivity contribution is -0.187. The van der Waals surface area contributed by atoms with E-state index in [0.717, 1.165) is 12.8 Å². The van der Waals surface area contributed by atoms with Gasteiger partial charge in [-0.25, -0.2) is 0 Å². The second-order valence-electron chi connectivity index (χ2n) is 4.95. The van der Waals surface area contributed by atoms with Gasteiger partial charge in [0.1, 0.15) is 5.72 Å². The van der Waals surface area contributed by atoms with Crippen molar-refractivity contribution in [1.29, 1.82) is 0 Å². The highest BCUT2D eigenvalue weighted by molar-refractivity contribution is 4.75. The van der Waals surface area contributed by atoms with Crippen molar-refractivity contribution in [2.75, 3.05) is 14.1 Å². The Morgan fingerprint density at radius 3 is 1.85 bits per heavy atom. The first-order valence-corrected chi connectivity index (χ1v) is 5.09. The van der Waals surface area contributed by atoms with Crippen LogP contribution in [0.2, 0.25) is 0 Å². The minimum atomic E-state index is -0.182. The second kappa shape index (κ2) is 4.43.